The van der Waals surface area contributed by atoms with Gasteiger partial charge in [0, 0.05) is 29.0 Å². The van der Waals surface area contributed by atoms with Crippen LogP contribution >= 0.6 is 11.3 Å². The van der Waals surface area contributed by atoms with Gasteiger partial charge >= 0.3 is 6.36 Å². The molecule has 0 aliphatic rings. The van der Waals surface area contributed by atoms with Crippen LogP contribution in [0.4, 0.5) is 13.2 Å². The maximum absolute atomic E-state index is 12.1. The van der Waals surface area contributed by atoms with Crippen LogP contribution in [-0.4, -0.2) is 25.9 Å². The highest BCUT2D eigenvalue weighted by molar-refractivity contribution is 7.12. The maximum Gasteiger partial charge on any atom is 0.573 e. The lowest BCUT2D eigenvalue weighted by Gasteiger charge is -2.15. The molecule has 8 heteroatoms. The third-order valence-electron chi connectivity index (χ3n) is 3.16. The summed E-state index contributed by atoms with van der Waals surface area (Å²) in [5, 5.41) is 2.71. The van der Waals surface area contributed by atoms with Gasteiger partial charge in [0.1, 0.15) is 11.9 Å². The number of rotatable bonds is 6. The number of aryl methyl sites for hydroxylation is 1. The van der Waals surface area contributed by atoms with Gasteiger partial charge in [-0.25, -0.2) is 0 Å². The molecule has 0 aliphatic heterocycles. The van der Waals surface area contributed by atoms with Gasteiger partial charge in [-0.2, -0.15) is 0 Å². The summed E-state index contributed by atoms with van der Waals surface area (Å²) in [6.07, 6.45) is -5.03. The van der Waals surface area contributed by atoms with Gasteiger partial charge in [0.15, 0.2) is 0 Å². The zero-order valence-electron chi connectivity index (χ0n) is 13.0. The largest absolute Gasteiger partial charge is 0.573 e. The predicted molar refractivity (Wildman–Crippen MR) is 84.3 cm³/mol. The predicted octanol–water partition coefficient (Wildman–Crippen LogP) is 4.07. The summed E-state index contributed by atoms with van der Waals surface area (Å²) in [5.41, 5.74) is 0.238. The first-order chi connectivity index (χ1) is 11.3. The van der Waals surface area contributed by atoms with Gasteiger partial charge in [-0.3, -0.25) is 4.79 Å². The molecule has 0 fully saturated rings. The first-order valence-corrected chi connectivity index (χ1v) is 7.83. The average Bonchev–Trinajstić information content (AvgIpc) is 2.93. The highest BCUT2D eigenvalue weighted by Gasteiger charge is 2.31. The van der Waals surface area contributed by atoms with Crippen molar-refractivity contribution in [1.82, 2.24) is 5.32 Å². The summed E-state index contributed by atoms with van der Waals surface area (Å²) in [6.45, 7) is 2.24. The number of benzene rings is 1. The molecule has 1 atom stereocenters. The van der Waals surface area contributed by atoms with E-state index in [0.29, 0.717) is 0 Å². The highest BCUT2D eigenvalue weighted by Crippen LogP contribution is 2.25. The number of carbonyl (C=O) groups excluding carboxylic acids is 1. The minimum atomic E-state index is -4.76. The SMILES string of the molecule is CO[C@H](CNC(=O)c1ccc(OC(F)(F)F)cc1)c1ccc(C)s1. The van der Waals surface area contributed by atoms with E-state index in [9.17, 15) is 18.0 Å². The number of carbonyl (C=O) groups is 1. The normalized spacial score (nSPS) is 12.7. The lowest BCUT2D eigenvalue weighted by molar-refractivity contribution is -0.274. The van der Waals surface area contributed by atoms with Crippen molar-refractivity contribution in [2.45, 2.75) is 19.4 Å². The number of nitrogens with one attached hydrogen (secondary N) is 1. The third-order valence-corrected chi connectivity index (χ3v) is 4.25. The van der Waals surface area contributed by atoms with Crippen LogP contribution in [0.3, 0.4) is 0 Å². The number of hydrogen-bond donors (Lipinski definition) is 1. The van der Waals surface area contributed by atoms with E-state index in [-0.39, 0.29) is 24.0 Å². The highest BCUT2D eigenvalue weighted by atomic mass is 32.1. The van der Waals surface area contributed by atoms with Gasteiger partial charge < -0.3 is 14.8 Å². The number of hydrogen-bond acceptors (Lipinski definition) is 4. The summed E-state index contributed by atoms with van der Waals surface area (Å²) < 4.78 is 45.4. The van der Waals surface area contributed by atoms with Gasteiger partial charge in [-0.15, -0.1) is 24.5 Å². The van der Waals surface area contributed by atoms with E-state index in [1.165, 1.54) is 12.1 Å². The number of thiophene rings is 1. The molecule has 0 radical (unpaired) electrons. The summed E-state index contributed by atoms with van der Waals surface area (Å²) in [7, 11) is 1.55. The van der Waals surface area contributed by atoms with Crippen LogP contribution in [0.5, 0.6) is 5.75 Å². The van der Waals surface area contributed by atoms with Crippen molar-refractivity contribution in [1.29, 1.82) is 0 Å². The van der Waals surface area contributed by atoms with Crippen molar-refractivity contribution >= 4 is 17.2 Å². The van der Waals surface area contributed by atoms with Crippen LogP contribution in [0.25, 0.3) is 0 Å². The molecule has 130 valence electrons. The molecule has 1 N–H and O–H groups in total. The Hall–Kier alpha value is -2.06. The Morgan fingerprint density at radius 3 is 2.38 bits per heavy atom. The Bertz CT molecular complexity index is 683. The minimum absolute atomic E-state index is 0.238. The van der Waals surface area contributed by atoms with Crippen molar-refractivity contribution in [3.63, 3.8) is 0 Å². The molecule has 1 aromatic heterocycles. The molecule has 24 heavy (non-hydrogen) atoms. The van der Waals surface area contributed by atoms with Gasteiger partial charge in [0.25, 0.3) is 5.91 Å². The average molecular weight is 359 g/mol. The van der Waals surface area contributed by atoms with Crippen LogP contribution < -0.4 is 10.1 Å². The van der Waals surface area contributed by atoms with Gasteiger partial charge in [-0.1, -0.05) is 0 Å². The zero-order chi connectivity index (χ0) is 17.7. The first kappa shape index (κ1) is 18.3. The molecule has 4 nitrogen and oxygen atoms in total. The summed E-state index contributed by atoms with van der Waals surface area (Å²) >= 11 is 1.58. The van der Waals surface area contributed by atoms with Crippen molar-refractivity contribution in [3.8, 4) is 5.75 Å². The molecular formula is C16H16F3NO3S. The van der Waals surface area contributed by atoms with Crippen LogP contribution in [0, 0.1) is 6.92 Å². The third kappa shape index (κ3) is 5.24. The Kier molecular flexibility index (Phi) is 5.84. The minimum Gasteiger partial charge on any atom is -0.406 e. The van der Waals surface area contributed by atoms with E-state index in [0.717, 1.165) is 21.9 Å². The monoisotopic (exact) mass is 359 g/mol. The number of alkyl halides is 3. The second-order valence-corrected chi connectivity index (χ2v) is 6.27. The van der Waals surface area contributed by atoms with Gasteiger partial charge in [-0.05, 0) is 43.3 Å². The topological polar surface area (TPSA) is 47.6 Å². The van der Waals surface area contributed by atoms with Crippen LogP contribution in [0.2, 0.25) is 0 Å². The van der Waals surface area contributed by atoms with Crippen LogP contribution in [0.1, 0.15) is 26.2 Å². The molecule has 2 rings (SSSR count). The molecule has 1 amide bonds. The Morgan fingerprint density at radius 2 is 1.88 bits per heavy atom. The summed E-state index contributed by atoms with van der Waals surface area (Å²) in [5.74, 6) is -0.772. The fourth-order valence-electron chi connectivity index (χ4n) is 2.02. The number of amides is 1. The molecule has 0 spiro atoms. The Balaban J connectivity index is 1.94. The summed E-state index contributed by atoms with van der Waals surface area (Å²) in [6, 6.07) is 8.63. The maximum atomic E-state index is 12.1. The number of ether oxygens (including phenoxy) is 2. The van der Waals surface area contributed by atoms with Crippen molar-refractivity contribution in [3.05, 3.63) is 51.7 Å². The lowest BCUT2D eigenvalue weighted by atomic mass is 10.2. The summed E-state index contributed by atoms with van der Waals surface area (Å²) in [4.78, 5) is 14.2. The van der Waals surface area contributed by atoms with E-state index in [2.05, 4.69) is 10.1 Å². The van der Waals surface area contributed by atoms with Crippen LogP contribution in [0.15, 0.2) is 36.4 Å². The zero-order valence-corrected chi connectivity index (χ0v) is 13.8. The Labute approximate surface area is 141 Å². The molecule has 0 saturated heterocycles. The molecule has 2 aromatic rings. The van der Waals surface area contributed by atoms with Crippen molar-refractivity contribution in [2.24, 2.45) is 0 Å². The standard InChI is InChI=1S/C16H16F3NO3S/c1-10-3-8-14(24-10)13(22-2)9-20-15(21)11-4-6-12(7-5-11)23-16(17,18)19/h3-8,13H,9H2,1-2H3,(H,20,21)/t13-/m1/s1. The molecule has 0 unspecified atom stereocenters. The molecule has 0 aliphatic carbocycles. The van der Waals surface area contributed by atoms with Crippen molar-refractivity contribution in [2.75, 3.05) is 13.7 Å². The number of methoxy groups -OCH3 is 1. The van der Waals surface area contributed by atoms with E-state index in [1.54, 1.807) is 18.4 Å². The van der Waals surface area contributed by atoms with E-state index >= 15 is 0 Å². The van der Waals surface area contributed by atoms with Crippen molar-refractivity contribution < 1.29 is 27.4 Å². The molecule has 1 heterocycles. The van der Waals surface area contributed by atoms with E-state index < -0.39 is 12.3 Å². The molecule has 1 aromatic carbocycles. The molecular weight excluding hydrogens is 343 g/mol. The van der Waals surface area contributed by atoms with Gasteiger partial charge in [0.05, 0.1) is 0 Å². The second kappa shape index (κ2) is 7.67. The van der Waals surface area contributed by atoms with Crippen LogP contribution in [-0.2, 0) is 4.74 Å². The molecule has 0 bridgehead atoms. The fourth-order valence-corrected chi connectivity index (χ4v) is 2.98. The number of halogens is 3. The van der Waals surface area contributed by atoms with E-state index in [1.807, 2.05) is 19.1 Å². The smallest absolute Gasteiger partial charge is 0.406 e. The van der Waals surface area contributed by atoms with Gasteiger partial charge in [0.2, 0.25) is 0 Å². The molecule has 0 saturated carbocycles. The fraction of sp³-hybridized carbons (Fsp3) is 0.312. The quantitative estimate of drug-likeness (QED) is 0.846. The van der Waals surface area contributed by atoms with E-state index in [4.69, 9.17) is 4.74 Å². The second-order valence-electron chi connectivity index (χ2n) is 4.95. The lowest BCUT2D eigenvalue weighted by Crippen LogP contribution is -2.28. The first-order valence-electron chi connectivity index (χ1n) is 7.01. The Morgan fingerprint density at radius 1 is 1.21 bits per heavy atom.